The number of hydrogen-bond donors (Lipinski definition) is 1. The van der Waals surface area contributed by atoms with Crippen LogP contribution in [0.3, 0.4) is 0 Å². The highest BCUT2D eigenvalue weighted by molar-refractivity contribution is 5.92. The van der Waals surface area contributed by atoms with Crippen molar-refractivity contribution >= 4 is 11.8 Å². The van der Waals surface area contributed by atoms with Crippen LogP contribution in [0.25, 0.3) is 0 Å². The van der Waals surface area contributed by atoms with Gasteiger partial charge in [0.15, 0.2) is 0 Å². The molecular formula is C18H26N2O2. The lowest BCUT2D eigenvalue weighted by molar-refractivity contribution is -0.134. The number of carbonyl (C=O) groups is 2. The molecule has 2 rings (SSSR count). The molecule has 0 radical (unpaired) electrons. The van der Waals surface area contributed by atoms with Gasteiger partial charge in [0, 0.05) is 19.6 Å². The predicted octanol–water partition coefficient (Wildman–Crippen LogP) is 2.59. The maximum atomic E-state index is 12.4. The second-order valence-electron chi connectivity index (χ2n) is 5.98. The molecule has 2 atom stereocenters. The SMILES string of the molecule is CCCN(CCC)C(=O)C1CC1C(=O)NCc1ccccc1. The van der Waals surface area contributed by atoms with Crippen LogP contribution in [-0.2, 0) is 16.1 Å². The quantitative estimate of drug-likeness (QED) is 0.802. The van der Waals surface area contributed by atoms with Crippen molar-refractivity contribution in [3.63, 3.8) is 0 Å². The summed E-state index contributed by atoms with van der Waals surface area (Å²) in [6.45, 7) is 6.27. The first-order valence-electron chi connectivity index (χ1n) is 8.27. The van der Waals surface area contributed by atoms with Gasteiger partial charge in [0.05, 0.1) is 11.8 Å². The molecule has 0 saturated heterocycles. The van der Waals surface area contributed by atoms with E-state index in [9.17, 15) is 9.59 Å². The van der Waals surface area contributed by atoms with E-state index in [0.717, 1.165) is 31.5 Å². The lowest BCUT2D eigenvalue weighted by atomic mass is 10.2. The second kappa shape index (κ2) is 7.97. The number of nitrogens with one attached hydrogen (secondary N) is 1. The van der Waals surface area contributed by atoms with Gasteiger partial charge in [0.1, 0.15) is 0 Å². The molecule has 1 aliphatic carbocycles. The summed E-state index contributed by atoms with van der Waals surface area (Å²) in [5.41, 5.74) is 1.08. The molecule has 0 aromatic heterocycles. The largest absolute Gasteiger partial charge is 0.352 e. The molecule has 22 heavy (non-hydrogen) atoms. The smallest absolute Gasteiger partial charge is 0.226 e. The number of hydrogen-bond acceptors (Lipinski definition) is 2. The summed E-state index contributed by atoms with van der Waals surface area (Å²) in [5, 5.41) is 2.94. The predicted molar refractivity (Wildman–Crippen MR) is 87.0 cm³/mol. The Balaban J connectivity index is 1.80. The highest BCUT2D eigenvalue weighted by Gasteiger charge is 2.49. The molecule has 1 N–H and O–H groups in total. The van der Waals surface area contributed by atoms with E-state index in [4.69, 9.17) is 0 Å². The molecule has 0 aliphatic heterocycles. The van der Waals surface area contributed by atoms with Gasteiger partial charge >= 0.3 is 0 Å². The molecule has 2 amide bonds. The first-order chi connectivity index (χ1) is 10.7. The van der Waals surface area contributed by atoms with E-state index in [1.54, 1.807) is 0 Å². The number of nitrogens with zero attached hydrogens (tertiary/aromatic N) is 1. The van der Waals surface area contributed by atoms with Gasteiger partial charge in [-0.2, -0.15) is 0 Å². The molecule has 2 unspecified atom stereocenters. The summed E-state index contributed by atoms with van der Waals surface area (Å²) in [7, 11) is 0. The zero-order valence-corrected chi connectivity index (χ0v) is 13.5. The minimum absolute atomic E-state index is 0.00940. The summed E-state index contributed by atoms with van der Waals surface area (Å²) in [6, 6.07) is 9.84. The van der Waals surface area contributed by atoms with Crippen LogP contribution in [0.2, 0.25) is 0 Å². The Morgan fingerprint density at radius 2 is 1.73 bits per heavy atom. The van der Waals surface area contributed by atoms with Crippen molar-refractivity contribution in [1.82, 2.24) is 10.2 Å². The van der Waals surface area contributed by atoms with E-state index in [2.05, 4.69) is 19.2 Å². The van der Waals surface area contributed by atoms with Crippen molar-refractivity contribution in [2.45, 2.75) is 39.7 Å². The van der Waals surface area contributed by atoms with Gasteiger partial charge < -0.3 is 10.2 Å². The summed E-state index contributed by atoms with van der Waals surface area (Å²) in [4.78, 5) is 26.5. The summed E-state index contributed by atoms with van der Waals surface area (Å²) >= 11 is 0. The molecule has 1 fully saturated rings. The Morgan fingerprint density at radius 3 is 2.32 bits per heavy atom. The third kappa shape index (κ3) is 4.33. The topological polar surface area (TPSA) is 49.4 Å². The average molecular weight is 302 g/mol. The first kappa shape index (κ1) is 16.5. The Hall–Kier alpha value is -1.84. The fourth-order valence-corrected chi connectivity index (χ4v) is 2.78. The van der Waals surface area contributed by atoms with Crippen LogP contribution in [-0.4, -0.2) is 29.8 Å². The molecule has 1 aromatic carbocycles. The number of benzene rings is 1. The van der Waals surface area contributed by atoms with Crippen molar-refractivity contribution in [1.29, 1.82) is 0 Å². The Labute approximate surface area is 132 Å². The van der Waals surface area contributed by atoms with E-state index in [-0.39, 0.29) is 23.7 Å². The van der Waals surface area contributed by atoms with Gasteiger partial charge in [-0.3, -0.25) is 9.59 Å². The fourth-order valence-electron chi connectivity index (χ4n) is 2.78. The van der Waals surface area contributed by atoms with E-state index in [1.807, 2.05) is 35.2 Å². The fraction of sp³-hybridized carbons (Fsp3) is 0.556. The van der Waals surface area contributed by atoms with Crippen LogP contribution < -0.4 is 5.32 Å². The lowest BCUT2D eigenvalue weighted by Crippen LogP contribution is -2.35. The van der Waals surface area contributed by atoms with Crippen LogP contribution in [0, 0.1) is 11.8 Å². The molecule has 1 saturated carbocycles. The molecular weight excluding hydrogens is 276 g/mol. The zero-order valence-electron chi connectivity index (χ0n) is 13.5. The average Bonchev–Trinajstić information content (AvgIpc) is 3.33. The number of amides is 2. The molecule has 120 valence electrons. The van der Waals surface area contributed by atoms with Gasteiger partial charge in [0.2, 0.25) is 11.8 Å². The molecule has 4 nitrogen and oxygen atoms in total. The minimum atomic E-state index is -0.132. The van der Waals surface area contributed by atoms with Crippen LogP contribution >= 0.6 is 0 Å². The van der Waals surface area contributed by atoms with Gasteiger partial charge in [0.25, 0.3) is 0 Å². The van der Waals surface area contributed by atoms with Crippen LogP contribution in [0.15, 0.2) is 30.3 Å². The van der Waals surface area contributed by atoms with Crippen LogP contribution in [0.5, 0.6) is 0 Å². The van der Waals surface area contributed by atoms with Crippen molar-refractivity contribution in [2.75, 3.05) is 13.1 Å². The van der Waals surface area contributed by atoms with E-state index in [0.29, 0.717) is 13.0 Å². The molecule has 1 aromatic rings. The molecule has 4 heteroatoms. The van der Waals surface area contributed by atoms with Crippen molar-refractivity contribution in [3.8, 4) is 0 Å². The van der Waals surface area contributed by atoms with Gasteiger partial charge in [-0.05, 0) is 24.8 Å². The van der Waals surface area contributed by atoms with Crippen molar-refractivity contribution in [2.24, 2.45) is 11.8 Å². The number of carbonyl (C=O) groups excluding carboxylic acids is 2. The molecule has 0 bridgehead atoms. The lowest BCUT2D eigenvalue weighted by Gasteiger charge is -2.21. The minimum Gasteiger partial charge on any atom is -0.352 e. The highest BCUT2D eigenvalue weighted by atomic mass is 16.2. The van der Waals surface area contributed by atoms with Gasteiger partial charge in [-0.25, -0.2) is 0 Å². The van der Waals surface area contributed by atoms with Gasteiger partial charge in [-0.15, -0.1) is 0 Å². The molecule has 0 spiro atoms. The Bertz CT molecular complexity index is 495. The van der Waals surface area contributed by atoms with Crippen LogP contribution in [0.1, 0.15) is 38.7 Å². The summed E-state index contributed by atoms with van der Waals surface area (Å²) in [5.74, 6) is -0.0694. The third-order valence-electron chi connectivity index (χ3n) is 4.05. The molecule has 0 heterocycles. The highest BCUT2D eigenvalue weighted by Crippen LogP contribution is 2.40. The van der Waals surface area contributed by atoms with Crippen molar-refractivity contribution in [3.05, 3.63) is 35.9 Å². The van der Waals surface area contributed by atoms with E-state index < -0.39 is 0 Å². The summed E-state index contributed by atoms with van der Waals surface area (Å²) < 4.78 is 0. The first-order valence-corrected chi connectivity index (χ1v) is 8.27. The van der Waals surface area contributed by atoms with E-state index in [1.165, 1.54) is 0 Å². The summed E-state index contributed by atoms with van der Waals surface area (Å²) in [6.07, 6.45) is 2.62. The Kier molecular flexibility index (Phi) is 5.99. The maximum absolute atomic E-state index is 12.4. The normalized spacial score (nSPS) is 19.5. The van der Waals surface area contributed by atoms with E-state index >= 15 is 0 Å². The second-order valence-corrected chi connectivity index (χ2v) is 5.98. The monoisotopic (exact) mass is 302 g/mol. The van der Waals surface area contributed by atoms with Crippen LogP contribution in [0.4, 0.5) is 0 Å². The third-order valence-corrected chi connectivity index (χ3v) is 4.05. The number of rotatable bonds is 8. The van der Waals surface area contributed by atoms with Gasteiger partial charge in [-0.1, -0.05) is 44.2 Å². The maximum Gasteiger partial charge on any atom is 0.226 e. The van der Waals surface area contributed by atoms with Crippen molar-refractivity contribution < 1.29 is 9.59 Å². The Morgan fingerprint density at radius 1 is 1.09 bits per heavy atom. The molecule has 1 aliphatic rings. The zero-order chi connectivity index (χ0) is 15.9. The standard InChI is InChI=1S/C18H26N2O2/c1-3-10-20(11-4-2)18(22)16-12-15(16)17(21)19-13-14-8-6-5-7-9-14/h5-9,15-16H,3-4,10-13H2,1-2H3,(H,19,21).